The van der Waals surface area contributed by atoms with Crippen LogP contribution in [0.25, 0.3) is 17.0 Å². The van der Waals surface area contributed by atoms with Crippen molar-refractivity contribution in [3.63, 3.8) is 0 Å². The van der Waals surface area contributed by atoms with Crippen LogP contribution in [-0.2, 0) is 17.6 Å². The van der Waals surface area contributed by atoms with Crippen LogP contribution in [0, 0.1) is 6.92 Å². The smallest absolute Gasteiger partial charge is 0.267 e. The van der Waals surface area contributed by atoms with Crippen molar-refractivity contribution in [3.8, 4) is 0 Å². The molecule has 31 heavy (non-hydrogen) atoms. The molecule has 0 spiro atoms. The predicted octanol–water partition coefficient (Wildman–Crippen LogP) is 3.52. The Morgan fingerprint density at radius 2 is 2.13 bits per heavy atom. The number of carbonyl (C=O) groups is 1. The van der Waals surface area contributed by atoms with Crippen LogP contribution in [0.15, 0.2) is 48.7 Å². The molecule has 0 saturated carbocycles. The van der Waals surface area contributed by atoms with Gasteiger partial charge in [0.15, 0.2) is 0 Å². The molecule has 0 bridgehead atoms. The van der Waals surface area contributed by atoms with E-state index in [9.17, 15) is 9.90 Å². The molecule has 3 aromatic rings. The first kappa shape index (κ1) is 21.3. The van der Waals surface area contributed by atoms with E-state index in [1.54, 1.807) is 11.6 Å². The van der Waals surface area contributed by atoms with E-state index in [1.807, 2.05) is 6.07 Å². The molecule has 1 aromatic heterocycles. The summed E-state index contributed by atoms with van der Waals surface area (Å²) in [7, 11) is 0. The summed E-state index contributed by atoms with van der Waals surface area (Å²) < 4.78 is 0. The van der Waals surface area contributed by atoms with Crippen LogP contribution in [0.1, 0.15) is 40.3 Å². The van der Waals surface area contributed by atoms with Crippen LogP contribution in [0.3, 0.4) is 0 Å². The Morgan fingerprint density at radius 1 is 1.29 bits per heavy atom. The third kappa shape index (κ3) is 4.56. The molecule has 6 nitrogen and oxygen atoms in total. The van der Waals surface area contributed by atoms with Gasteiger partial charge in [-0.3, -0.25) is 14.9 Å². The number of aliphatic hydroxyl groups excluding tert-OH is 1. The highest BCUT2D eigenvalue weighted by molar-refractivity contribution is 5.90. The zero-order valence-electron chi connectivity index (χ0n) is 17.8. The fraction of sp³-hybridized carbons (Fsp3) is 0.320. The second kappa shape index (κ2) is 9.47. The lowest BCUT2D eigenvalue weighted by Crippen LogP contribution is -2.32. The summed E-state index contributed by atoms with van der Waals surface area (Å²) in [4.78, 5) is 17.0. The van der Waals surface area contributed by atoms with Crippen molar-refractivity contribution in [1.29, 1.82) is 0 Å². The topological polar surface area (TPSA) is 88.6 Å². The maximum Gasteiger partial charge on any atom is 0.267 e. The number of rotatable bonds is 8. The molecule has 0 fully saturated rings. The number of nitrogens with zero attached hydrogens (tertiary/aromatic N) is 1. The van der Waals surface area contributed by atoms with Gasteiger partial charge in [-0.1, -0.05) is 30.3 Å². The fourth-order valence-electron chi connectivity index (χ4n) is 4.85. The number of fused-ring (bicyclic) bond motifs is 2. The van der Waals surface area contributed by atoms with Gasteiger partial charge in [-0.15, -0.1) is 0 Å². The molecule has 1 atom stereocenters. The summed E-state index contributed by atoms with van der Waals surface area (Å²) in [5.74, 6) is -0.539. The van der Waals surface area contributed by atoms with Gasteiger partial charge in [-0.25, -0.2) is 5.48 Å². The average Bonchev–Trinajstić information content (AvgIpc) is 3.39. The molecule has 1 heterocycles. The number of H-pyrrole nitrogens is 1. The number of benzene rings is 2. The van der Waals surface area contributed by atoms with Crippen LogP contribution < -0.4 is 5.48 Å². The van der Waals surface area contributed by atoms with Gasteiger partial charge in [0.1, 0.15) is 0 Å². The van der Waals surface area contributed by atoms with E-state index in [1.165, 1.54) is 33.7 Å². The molecule has 1 amide bonds. The van der Waals surface area contributed by atoms with E-state index >= 15 is 0 Å². The van der Waals surface area contributed by atoms with Crippen molar-refractivity contribution < 1.29 is 15.1 Å². The number of hydrogen-bond donors (Lipinski definition) is 4. The van der Waals surface area contributed by atoms with Crippen molar-refractivity contribution in [3.05, 3.63) is 76.5 Å². The van der Waals surface area contributed by atoms with E-state index < -0.39 is 5.91 Å². The second-order valence-corrected chi connectivity index (χ2v) is 8.14. The summed E-state index contributed by atoms with van der Waals surface area (Å²) in [5.41, 5.74) is 8.86. The molecule has 1 aliphatic rings. The monoisotopic (exact) mass is 419 g/mol. The highest BCUT2D eigenvalue weighted by atomic mass is 16.5. The Morgan fingerprint density at radius 3 is 2.94 bits per heavy atom. The number of aliphatic hydroxyl groups is 1. The van der Waals surface area contributed by atoms with Gasteiger partial charge in [-0.05, 0) is 66.1 Å². The number of aromatic nitrogens is 1. The minimum Gasteiger partial charge on any atom is -0.395 e. The molecular weight excluding hydrogens is 390 g/mol. The van der Waals surface area contributed by atoms with Crippen molar-refractivity contribution >= 4 is 22.9 Å². The molecule has 0 radical (unpaired) electrons. The van der Waals surface area contributed by atoms with E-state index in [-0.39, 0.29) is 12.6 Å². The number of carbonyl (C=O) groups excluding carboxylic acids is 1. The molecule has 4 rings (SSSR count). The molecule has 162 valence electrons. The SMILES string of the molecule is Cc1cc(C=CC(=O)NO)cc2c1C(N(CCO)CCc1c[nH]c3ccccc13)CC2. The lowest BCUT2D eigenvalue weighted by Gasteiger charge is -2.30. The molecule has 0 saturated heterocycles. The Hall–Kier alpha value is -2.93. The summed E-state index contributed by atoms with van der Waals surface area (Å²) in [6.07, 6.45) is 8.06. The summed E-state index contributed by atoms with van der Waals surface area (Å²) in [6, 6.07) is 12.8. The van der Waals surface area contributed by atoms with Crippen LogP contribution >= 0.6 is 0 Å². The number of hydrogen-bond acceptors (Lipinski definition) is 4. The standard InChI is InChI=1S/C25H29N3O3/c1-17-14-18(6-9-24(30)27-31)15-19-7-8-23(25(17)19)28(12-13-29)11-10-20-16-26-22-5-3-2-4-21(20)22/h2-6,9,14-16,23,26,29,31H,7-8,10-13H2,1H3,(H,27,30). The summed E-state index contributed by atoms with van der Waals surface area (Å²) in [5, 5.41) is 19.6. The van der Waals surface area contributed by atoms with Gasteiger partial charge in [0.05, 0.1) is 6.61 Å². The molecule has 6 heteroatoms. The Bertz CT molecular complexity index is 1100. The van der Waals surface area contributed by atoms with Gasteiger partial charge in [0.25, 0.3) is 5.91 Å². The first-order valence-electron chi connectivity index (χ1n) is 10.8. The number of nitrogens with one attached hydrogen (secondary N) is 2. The molecule has 2 aromatic carbocycles. The average molecular weight is 420 g/mol. The number of hydroxylamine groups is 1. The van der Waals surface area contributed by atoms with Crippen LogP contribution in [0.5, 0.6) is 0 Å². The summed E-state index contributed by atoms with van der Waals surface area (Å²) >= 11 is 0. The maximum atomic E-state index is 11.3. The molecule has 1 unspecified atom stereocenters. The Balaban J connectivity index is 1.54. The van der Waals surface area contributed by atoms with Crippen LogP contribution in [-0.4, -0.2) is 45.8 Å². The first-order valence-corrected chi connectivity index (χ1v) is 10.8. The predicted molar refractivity (Wildman–Crippen MR) is 122 cm³/mol. The van der Waals surface area contributed by atoms with Gasteiger partial charge in [-0.2, -0.15) is 0 Å². The number of aromatic amines is 1. The van der Waals surface area contributed by atoms with Crippen LogP contribution in [0.2, 0.25) is 0 Å². The highest BCUT2D eigenvalue weighted by Crippen LogP contribution is 2.39. The van der Waals surface area contributed by atoms with E-state index in [4.69, 9.17) is 5.21 Å². The number of aryl methyl sites for hydroxylation is 2. The molecule has 4 N–H and O–H groups in total. The van der Waals surface area contributed by atoms with Gasteiger partial charge in [0, 0.05) is 42.3 Å². The van der Waals surface area contributed by atoms with Crippen LogP contribution in [0.4, 0.5) is 0 Å². The Labute approximate surface area is 182 Å². The fourth-order valence-corrected chi connectivity index (χ4v) is 4.85. The van der Waals surface area contributed by atoms with Crippen molar-refractivity contribution in [2.24, 2.45) is 0 Å². The third-order valence-corrected chi connectivity index (χ3v) is 6.22. The molecule has 1 aliphatic carbocycles. The lowest BCUT2D eigenvalue weighted by molar-refractivity contribution is -0.124. The first-order chi connectivity index (χ1) is 15.1. The van der Waals surface area contributed by atoms with Crippen molar-refractivity contribution in [2.45, 2.75) is 32.2 Å². The van der Waals surface area contributed by atoms with Gasteiger partial charge in [0.2, 0.25) is 0 Å². The zero-order chi connectivity index (χ0) is 21.8. The van der Waals surface area contributed by atoms with Gasteiger partial charge >= 0.3 is 0 Å². The largest absolute Gasteiger partial charge is 0.395 e. The van der Waals surface area contributed by atoms with E-state index in [2.05, 4.69) is 53.3 Å². The second-order valence-electron chi connectivity index (χ2n) is 8.14. The van der Waals surface area contributed by atoms with E-state index in [0.29, 0.717) is 6.54 Å². The molecular formula is C25H29N3O3. The quantitative estimate of drug-likeness (QED) is 0.256. The normalized spacial score (nSPS) is 15.8. The highest BCUT2D eigenvalue weighted by Gasteiger charge is 2.29. The molecule has 0 aliphatic heterocycles. The lowest BCUT2D eigenvalue weighted by atomic mass is 9.97. The van der Waals surface area contributed by atoms with Crippen molar-refractivity contribution in [2.75, 3.05) is 19.7 Å². The minimum absolute atomic E-state index is 0.135. The maximum absolute atomic E-state index is 11.3. The summed E-state index contributed by atoms with van der Waals surface area (Å²) in [6.45, 7) is 3.77. The van der Waals surface area contributed by atoms with Gasteiger partial charge < -0.3 is 10.1 Å². The Kier molecular flexibility index (Phi) is 6.51. The zero-order valence-corrected chi connectivity index (χ0v) is 17.8. The van der Waals surface area contributed by atoms with E-state index in [0.717, 1.165) is 36.9 Å². The minimum atomic E-state index is -0.539. The number of para-hydroxylation sites is 1. The van der Waals surface area contributed by atoms with Crippen molar-refractivity contribution in [1.82, 2.24) is 15.4 Å². The number of amides is 1. The third-order valence-electron chi connectivity index (χ3n) is 6.22.